The lowest BCUT2D eigenvalue weighted by Crippen LogP contribution is -2.39. The van der Waals surface area contributed by atoms with E-state index in [4.69, 9.17) is 0 Å². The Hall–Kier alpha value is -0.570. The predicted molar refractivity (Wildman–Crippen MR) is 81.6 cm³/mol. The van der Waals surface area contributed by atoms with Crippen molar-refractivity contribution in [2.75, 3.05) is 23.3 Å². The van der Waals surface area contributed by atoms with Crippen molar-refractivity contribution in [3.8, 4) is 0 Å². The summed E-state index contributed by atoms with van der Waals surface area (Å²) in [5.74, 6) is -0.109. The third kappa shape index (κ3) is 2.67. The zero-order chi connectivity index (χ0) is 13.3. The van der Waals surface area contributed by atoms with Crippen LogP contribution >= 0.6 is 15.9 Å². The number of alkyl halides is 1. The largest absolute Gasteiger partial charge is 0.370 e. The molecule has 0 saturated heterocycles. The molecular formula is C16H21BrFN. The highest BCUT2D eigenvalue weighted by Gasteiger charge is 2.34. The number of fused-ring (bicyclic) bond motifs is 1. The second-order valence-corrected chi connectivity index (χ2v) is 6.70. The zero-order valence-corrected chi connectivity index (χ0v) is 12.9. The number of nitrogens with zero attached hydrogens (tertiary/aromatic N) is 1. The van der Waals surface area contributed by atoms with Gasteiger partial charge in [-0.25, -0.2) is 4.39 Å². The first kappa shape index (κ1) is 13.4. The Balaban J connectivity index is 1.79. The Labute approximate surface area is 123 Å². The van der Waals surface area contributed by atoms with E-state index < -0.39 is 0 Å². The second kappa shape index (κ2) is 5.43. The first-order chi connectivity index (χ1) is 9.22. The molecule has 1 nitrogen and oxygen atoms in total. The van der Waals surface area contributed by atoms with Crippen LogP contribution in [0.1, 0.15) is 37.7 Å². The summed E-state index contributed by atoms with van der Waals surface area (Å²) in [5, 5.41) is 1.07. The van der Waals surface area contributed by atoms with E-state index in [0.29, 0.717) is 5.41 Å². The highest BCUT2D eigenvalue weighted by Crippen LogP contribution is 2.41. The number of hydrogen-bond acceptors (Lipinski definition) is 1. The lowest BCUT2D eigenvalue weighted by Gasteiger charge is -2.39. The van der Waals surface area contributed by atoms with E-state index in [1.807, 2.05) is 6.07 Å². The number of rotatable bonds is 3. The van der Waals surface area contributed by atoms with Crippen LogP contribution in [0.2, 0.25) is 0 Å². The standard InChI is InChI=1S/C16H21BrFN/c17-11-16(7-2-1-3-8-16)12-19-9-6-13-4-5-14(18)10-15(13)19/h4-5,10H,1-3,6-9,11-12H2. The smallest absolute Gasteiger partial charge is 0.125 e. The number of halogens is 2. The van der Waals surface area contributed by atoms with Crippen LogP contribution in [-0.2, 0) is 6.42 Å². The lowest BCUT2D eigenvalue weighted by molar-refractivity contribution is 0.230. The van der Waals surface area contributed by atoms with Gasteiger partial charge in [-0.15, -0.1) is 0 Å². The van der Waals surface area contributed by atoms with Gasteiger partial charge >= 0.3 is 0 Å². The minimum Gasteiger partial charge on any atom is -0.370 e. The average Bonchev–Trinajstić information content (AvgIpc) is 2.82. The van der Waals surface area contributed by atoms with Crippen molar-refractivity contribution >= 4 is 21.6 Å². The Morgan fingerprint density at radius 2 is 2.00 bits per heavy atom. The van der Waals surface area contributed by atoms with Gasteiger partial charge in [-0.2, -0.15) is 0 Å². The summed E-state index contributed by atoms with van der Waals surface area (Å²) in [6.07, 6.45) is 7.73. The molecule has 0 N–H and O–H groups in total. The highest BCUT2D eigenvalue weighted by atomic mass is 79.9. The van der Waals surface area contributed by atoms with Gasteiger partial charge in [0.2, 0.25) is 0 Å². The molecule has 1 aliphatic heterocycles. The molecule has 1 aliphatic carbocycles. The quantitative estimate of drug-likeness (QED) is 0.738. The van der Waals surface area contributed by atoms with Gasteiger partial charge in [0.1, 0.15) is 5.82 Å². The third-order valence-electron chi connectivity index (χ3n) is 4.76. The Morgan fingerprint density at radius 3 is 2.74 bits per heavy atom. The maximum Gasteiger partial charge on any atom is 0.125 e. The molecule has 104 valence electrons. The molecular weight excluding hydrogens is 305 g/mol. The van der Waals surface area contributed by atoms with Crippen LogP contribution in [0.3, 0.4) is 0 Å². The number of anilines is 1. The molecule has 2 aliphatic rings. The Morgan fingerprint density at radius 1 is 1.21 bits per heavy atom. The van der Waals surface area contributed by atoms with E-state index in [1.54, 1.807) is 12.1 Å². The van der Waals surface area contributed by atoms with Crippen molar-refractivity contribution in [2.45, 2.75) is 38.5 Å². The summed E-state index contributed by atoms with van der Waals surface area (Å²) in [4.78, 5) is 2.41. The van der Waals surface area contributed by atoms with E-state index in [9.17, 15) is 4.39 Å². The van der Waals surface area contributed by atoms with Gasteiger partial charge in [0, 0.05) is 24.1 Å². The Kier molecular flexibility index (Phi) is 3.84. The summed E-state index contributed by atoms with van der Waals surface area (Å²) in [6, 6.07) is 5.25. The topological polar surface area (TPSA) is 3.24 Å². The van der Waals surface area contributed by atoms with Gasteiger partial charge < -0.3 is 4.90 Å². The Bertz CT molecular complexity index is 454. The minimum atomic E-state index is -0.109. The van der Waals surface area contributed by atoms with Crippen molar-refractivity contribution in [3.63, 3.8) is 0 Å². The van der Waals surface area contributed by atoms with Crippen molar-refractivity contribution in [3.05, 3.63) is 29.6 Å². The summed E-state index contributed by atoms with van der Waals surface area (Å²) < 4.78 is 13.5. The summed E-state index contributed by atoms with van der Waals surface area (Å²) in [5.41, 5.74) is 2.83. The molecule has 1 heterocycles. The van der Waals surface area contributed by atoms with Crippen LogP contribution in [0.25, 0.3) is 0 Å². The molecule has 0 spiro atoms. The molecule has 1 aromatic rings. The van der Waals surface area contributed by atoms with Crippen LogP contribution in [0.15, 0.2) is 18.2 Å². The summed E-state index contributed by atoms with van der Waals surface area (Å²) in [6.45, 7) is 2.13. The molecule has 1 fully saturated rings. The van der Waals surface area contributed by atoms with Crippen molar-refractivity contribution in [2.24, 2.45) is 5.41 Å². The minimum absolute atomic E-state index is 0.109. The monoisotopic (exact) mass is 325 g/mol. The normalized spacial score (nSPS) is 21.5. The zero-order valence-electron chi connectivity index (χ0n) is 11.3. The fourth-order valence-electron chi connectivity index (χ4n) is 3.62. The van der Waals surface area contributed by atoms with E-state index in [-0.39, 0.29) is 5.82 Å². The molecule has 0 unspecified atom stereocenters. The number of hydrogen-bond donors (Lipinski definition) is 0. The number of benzene rings is 1. The van der Waals surface area contributed by atoms with Crippen LogP contribution in [-0.4, -0.2) is 18.4 Å². The molecule has 0 amide bonds. The van der Waals surface area contributed by atoms with Crippen molar-refractivity contribution in [1.82, 2.24) is 0 Å². The van der Waals surface area contributed by atoms with Gasteiger partial charge in [0.25, 0.3) is 0 Å². The van der Waals surface area contributed by atoms with Crippen LogP contribution in [0, 0.1) is 11.2 Å². The molecule has 0 bridgehead atoms. The summed E-state index contributed by atoms with van der Waals surface area (Å²) in [7, 11) is 0. The molecule has 0 aromatic heterocycles. The molecule has 0 radical (unpaired) electrons. The van der Waals surface area contributed by atoms with E-state index in [2.05, 4.69) is 20.8 Å². The molecule has 0 atom stereocenters. The van der Waals surface area contributed by atoms with Gasteiger partial charge in [-0.3, -0.25) is 0 Å². The van der Waals surface area contributed by atoms with Gasteiger partial charge in [0.15, 0.2) is 0 Å². The van der Waals surface area contributed by atoms with Gasteiger partial charge in [-0.1, -0.05) is 41.3 Å². The highest BCUT2D eigenvalue weighted by molar-refractivity contribution is 9.09. The SMILES string of the molecule is Fc1ccc2c(c1)N(CC1(CBr)CCCCC1)CC2. The van der Waals surface area contributed by atoms with Crippen molar-refractivity contribution in [1.29, 1.82) is 0 Å². The molecule has 19 heavy (non-hydrogen) atoms. The van der Waals surface area contributed by atoms with Gasteiger partial charge in [0.05, 0.1) is 0 Å². The first-order valence-corrected chi connectivity index (χ1v) is 8.44. The molecule has 3 rings (SSSR count). The van der Waals surface area contributed by atoms with E-state index in [1.165, 1.54) is 37.7 Å². The second-order valence-electron chi connectivity index (χ2n) is 6.14. The summed E-state index contributed by atoms with van der Waals surface area (Å²) >= 11 is 3.73. The predicted octanol–water partition coefficient (Wildman–Crippen LogP) is 4.53. The molecule has 3 heteroatoms. The molecule has 1 saturated carbocycles. The third-order valence-corrected chi connectivity index (χ3v) is 5.95. The lowest BCUT2D eigenvalue weighted by atomic mass is 9.75. The van der Waals surface area contributed by atoms with Crippen LogP contribution in [0.4, 0.5) is 10.1 Å². The van der Waals surface area contributed by atoms with Gasteiger partial charge in [-0.05, 0) is 42.4 Å². The van der Waals surface area contributed by atoms with E-state index in [0.717, 1.165) is 30.5 Å². The van der Waals surface area contributed by atoms with Crippen LogP contribution in [0.5, 0.6) is 0 Å². The average molecular weight is 326 g/mol. The fraction of sp³-hybridized carbons (Fsp3) is 0.625. The van der Waals surface area contributed by atoms with E-state index >= 15 is 0 Å². The molecule has 1 aromatic carbocycles. The van der Waals surface area contributed by atoms with Crippen molar-refractivity contribution < 1.29 is 4.39 Å². The fourth-order valence-corrected chi connectivity index (χ4v) is 4.36. The maximum atomic E-state index is 13.5. The van der Waals surface area contributed by atoms with Crippen LogP contribution < -0.4 is 4.90 Å². The first-order valence-electron chi connectivity index (χ1n) is 7.32. The maximum absolute atomic E-state index is 13.5.